The maximum atomic E-state index is 12.7. The van der Waals surface area contributed by atoms with Gasteiger partial charge in [0, 0.05) is 56.4 Å². The summed E-state index contributed by atoms with van der Waals surface area (Å²) in [6.07, 6.45) is 4.00. The Balaban J connectivity index is 1.24. The van der Waals surface area contributed by atoms with Gasteiger partial charge in [0.2, 0.25) is 0 Å². The van der Waals surface area contributed by atoms with E-state index >= 15 is 0 Å². The molecule has 3 aliphatic rings. The number of aryl methyl sites for hydroxylation is 1. The molecule has 0 radical (unpaired) electrons. The van der Waals surface area contributed by atoms with Crippen molar-refractivity contribution in [1.82, 2.24) is 29.5 Å². The zero-order chi connectivity index (χ0) is 30.4. The van der Waals surface area contributed by atoms with Crippen molar-refractivity contribution in [3.63, 3.8) is 0 Å². The third-order valence-corrected chi connectivity index (χ3v) is 9.53. The van der Waals surface area contributed by atoms with Crippen molar-refractivity contribution in [3.05, 3.63) is 70.1 Å². The quantitative estimate of drug-likeness (QED) is 0.311. The highest BCUT2D eigenvalue weighted by molar-refractivity contribution is 6.36. The van der Waals surface area contributed by atoms with Crippen molar-refractivity contribution in [2.45, 2.75) is 51.4 Å². The lowest BCUT2D eigenvalue weighted by Crippen LogP contribution is -2.35. The minimum absolute atomic E-state index is 0.0854. The number of carbonyl (C=O) groups is 1. The molecule has 0 saturated carbocycles. The van der Waals surface area contributed by atoms with Crippen LogP contribution in [0.1, 0.15) is 46.7 Å². The summed E-state index contributed by atoms with van der Waals surface area (Å²) in [5, 5.41) is 7.59. The molecule has 1 saturated heterocycles. The van der Waals surface area contributed by atoms with Crippen LogP contribution in [0.15, 0.2) is 42.5 Å². The van der Waals surface area contributed by atoms with Gasteiger partial charge in [-0.2, -0.15) is 15.1 Å². The van der Waals surface area contributed by atoms with Gasteiger partial charge in [-0.1, -0.05) is 35.9 Å². The van der Waals surface area contributed by atoms with Gasteiger partial charge in [-0.25, -0.2) is 0 Å². The van der Waals surface area contributed by atoms with Gasteiger partial charge < -0.3 is 24.3 Å². The van der Waals surface area contributed by atoms with Crippen molar-refractivity contribution >= 4 is 39.8 Å². The maximum absolute atomic E-state index is 12.7. The predicted molar refractivity (Wildman–Crippen MR) is 173 cm³/mol. The predicted octanol–water partition coefficient (Wildman–Crippen LogP) is 4.63. The molecule has 2 aromatic carbocycles. The van der Waals surface area contributed by atoms with Crippen LogP contribution in [-0.2, 0) is 26.1 Å². The third-order valence-electron chi connectivity index (χ3n) is 9.21. The highest BCUT2D eigenvalue weighted by atomic mass is 35.5. The average Bonchev–Trinajstić information content (AvgIpc) is 3.57. The number of aromatic nitrogens is 4. The van der Waals surface area contributed by atoms with E-state index in [4.69, 9.17) is 26.3 Å². The summed E-state index contributed by atoms with van der Waals surface area (Å²) in [6, 6.07) is 15.1. The molecule has 2 aromatic heterocycles. The van der Waals surface area contributed by atoms with Crippen LogP contribution in [0, 0.1) is 0 Å². The molecule has 44 heavy (non-hydrogen) atoms. The van der Waals surface area contributed by atoms with Gasteiger partial charge in [-0.3, -0.25) is 9.48 Å². The van der Waals surface area contributed by atoms with E-state index in [0.717, 1.165) is 89.7 Å². The molecule has 0 N–H and O–H groups in total. The Labute approximate surface area is 263 Å². The Morgan fingerprint density at radius 1 is 1.02 bits per heavy atom. The number of likely N-dealkylation sites (tertiary alicyclic amines) is 1. The number of carbonyl (C=O) groups excluding carboxylic acids is 1. The molecule has 0 aliphatic carbocycles. The molecule has 1 amide bonds. The van der Waals surface area contributed by atoms with Crippen molar-refractivity contribution in [2.75, 3.05) is 57.2 Å². The summed E-state index contributed by atoms with van der Waals surface area (Å²) in [5.74, 6) is 0.841. The van der Waals surface area contributed by atoms with Crippen LogP contribution in [-0.4, -0.2) is 88.9 Å². The van der Waals surface area contributed by atoms with E-state index in [1.165, 1.54) is 6.42 Å². The topological polar surface area (TPSA) is 82.9 Å². The lowest BCUT2D eigenvalue weighted by atomic mass is 10.0. The zero-order valence-corrected chi connectivity index (χ0v) is 26.4. The van der Waals surface area contributed by atoms with Crippen molar-refractivity contribution < 1.29 is 9.53 Å². The SMILES string of the molecule is CN(C)C(=O)c1cc2n(n1)CCCN(c1nc(OC[C@@H]3CCCN3C)nc3c1CCN(c1cccc4cccc(Cl)c14)C3)C2. The van der Waals surface area contributed by atoms with Gasteiger partial charge >= 0.3 is 6.01 Å². The molecule has 1 atom stereocenters. The highest BCUT2D eigenvalue weighted by Crippen LogP contribution is 2.37. The molecule has 3 aliphatic heterocycles. The summed E-state index contributed by atoms with van der Waals surface area (Å²) >= 11 is 6.73. The zero-order valence-electron chi connectivity index (χ0n) is 25.7. The first kappa shape index (κ1) is 28.9. The second kappa shape index (κ2) is 11.9. The second-order valence-electron chi connectivity index (χ2n) is 12.3. The standard InChI is InChI=1S/C33H39ClN8O2/c1-38(2)32(43)27-18-24-19-41(15-7-16-42(24)37-27)31-25-13-17-40(29-12-5-9-22-8-4-11-26(34)30(22)29)20-28(25)35-33(36-31)44-21-23-10-6-14-39(23)3/h4-5,8-9,11-12,18,23H,6-7,10,13-17,19-21H2,1-3H3/t23-/m0/s1. The first-order valence-electron chi connectivity index (χ1n) is 15.5. The first-order chi connectivity index (χ1) is 21.4. The van der Waals surface area contributed by atoms with Gasteiger partial charge in [0.1, 0.15) is 12.4 Å². The Kier molecular flexibility index (Phi) is 7.80. The molecule has 4 aromatic rings. The average molecular weight is 615 g/mol. The third kappa shape index (κ3) is 5.45. The van der Waals surface area contributed by atoms with E-state index in [9.17, 15) is 4.79 Å². The number of hydrogen-bond donors (Lipinski definition) is 0. The van der Waals surface area contributed by atoms with E-state index < -0.39 is 0 Å². The molecule has 10 nitrogen and oxygen atoms in total. The molecular formula is C33H39ClN8O2. The number of fused-ring (bicyclic) bond motifs is 3. The van der Waals surface area contributed by atoms with Crippen molar-refractivity contribution in [1.29, 1.82) is 0 Å². The van der Waals surface area contributed by atoms with Crippen molar-refractivity contribution in [3.8, 4) is 6.01 Å². The van der Waals surface area contributed by atoms with Crippen LogP contribution in [0.5, 0.6) is 6.01 Å². The molecule has 11 heteroatoms. The van der Waals surface area contributed by atoms with Gasteiger partial charge in [0.05, 0.1) is 29.5 Å². The summed E-state index contributed by atoms with van der Waals surface area (Å²) in [4.78, 5) is 31.4. The van der Waals surface area contributed by atoms with E-state index in [1.807, 2.05) is 22.9 Å². The van der Waals surface area contributed by atoms with Crippen LogP contribution in [0.4, 0.5) is 11.5 Å². The number of nitrogens with zero attached hydrogens (tertiary/aromatic N) is 8. The largest absolute Gasteiger partial charge is 0.462 e. The minimum Gasteiger partial charge on any atom is -0.462 e. The number of rotatable bonds is 6. The smallest absolute Gasteiger partial charge is 0.318 e. The van der Waals surface area contributed by atoms with Crippen molar-refractivity contribution in [2.24, 2.45) is 0 Å². The Morgan fingerprint density at radius 2 is 1.86 bits per heavy atom. The normalized spacial score (nSPS) is 18.7. The molecule has 5 heterocycles. The summed E-state index contributed by atoms with van der Waals surface area (Å²) in [7, 11) is 5.67. The first-order valence-corrected chi connectivity index (χ1v) is 15.9. The number of amides is 1. The molecule has 7 rings (SSSR count). The number of benzene rings is 2. The molecule has 0 bridgehead atoms. The van der Waals surface area contributed by atoms with Crippen LogP contribution < -0.4 is 14.5 Å². The monoisotopic (exact) mass is 614 g/mol. The fraction of sp³-hybridized carbons (Fsp3) is 0.455. The lowest BCUT2D eigenvalue weighted by Gasteiger charge is -2.34. The molecular weight excluding hydrogens is 576 g/mol. The fourth-order valence-electron chi connectivity index (χ4n) is 6.80. The number of ether oxygens (including phenoxy) is 1. The van der Waals surface area contributed by atoms with Crippen LogP contribution in [0.3, 0.4) is 0 Å². The van der Waals surface area contributed by atoms with Gasteiger partial charge in [0.25, 0.3) is 5.91 Å². The summed E-state index contributed by atoms with van der Waals surface area (Å²) in [6.45, 7) is 5.33. The van der Waals surface area contributed by atoms with Crippen LogP contribution >= 0.6 is 11.6 Å². The second-order valence-corrected chi connectivity index (χ2v) is 12.8. The number of hydrogen-bond acceptors (Lipinski definition) is 8. The van der Waals surface area contributed by atoms with Gasteiger partial charge in [-0.15, -0.1) is 0 Å². The summed E-state index contributed by atoms with van der Waals surface area (Å²) < 4.78 is 8.33. The van der Waals surface area contributed by atoms with Gasteiger partial charge in [0.15, 0.2) is 5.69 Å². The maximum Gasteiger partial charge on any atom is 0.318 e. The Bertz CT molecular complexity index is 1700. The number of halogens is 1. The lowest BCUT2D eigenvalue weighted by molar-refractivity contribution is 0.0821. The highest BCUT2D eigenvalue weighted by Gasteiger charge is 2.30. The molecule has 230 valence electrons. The number of likely N-dealkylation sites (N-methyl/N-ethyl adjacent to an activating group) is 1. The molecule has 0 unspecified atom stereocenters. The van der Waals surface area contributed by atoms with E-state index in [2.05, 4.69) is 51.1 Å². The van der Waals surface area contributed by atoms with Gasteiger partial charge in [-0.05, 0) is 62.9 Å². The fourth-order valence-corrected chi connectivity index (χ4v) is 7.08. The van der Waals surface area contributed by atoms with E-state index in [-0.39, 0.29) is 5.91 Å². The Hall–Kier alpha value is -3.89. The van der Waals surface area contributed by atoms with E-state index in [0.29, 0.717) is 37.4 Å². The van der Waals surface area contributed by atoms with E-state index in [1.54, 1.807) is 19.0 Å². The molecule has 1 fully saturated rings. The minimum atomic E-state index is -0.0854. The van der Waals surface area contributed by atoms with Crippen LogP contribution in [0.2, 0.25) is 5.02 Å². The van der Waals surface area contributed by atoms with Crippen LogP contribution in [0.25, 0.3) is 10.8 Å². The molecule has 0 spiro atoms. The number of anilines is 2. The summed E-state index contributed by atoms with van der Waals surface area (Å²) in [5.41, 5.74) is 4.76. The Morgan fingerprint density at radius 3 is 2.66 bits per heavy atom.